The van der Waals surface area contributed by atoms with Crippen molar-refractivity contribution in [2.24, 2.45) is 0 Å². The average molecular weight is 293 g/mol. The van der Waals surface area contributed by atoms with Gasteiger partial charge in [-0.2, -0.15) is 4.98 Å². The predicted molar refractivity (Wildman–Crippen MR) is 81.2 cm³/mol. The molecule has 0 aliphatic carbocycles. The Balaban J connectivity index is 2.19. The van der Waals surface area contributed by atoms with Crippen LogP contribution >= 0.6 is 11.6 Å². The molecule has 2 aromatic rings. The van der Waals surface area contributed by atoms with Crippen LogP contribution in [0.4, 0.5) is 11.8 Å². The molecule has 2 N–H and O–H groups in total. The third kappa shape index (κ3) is 3.51. The van der Waals surface area contributed by atoms with Crippen LogP contribution < -0.4 is 15.4 Å². The van der Waals surface area contributed by atoms with E-state index in [2.05, 4.69) is 21.8 Å². The number of aromatic nitrogens is 2. The minimum atomic E-state index is 0.181. The number of rotatable bonds is 5. The maximum absolute atomic E-state index is 5.92. The quantitative estimate of drug-likeness (QED) is 0.859. The number of methoxy groups -OCH3 is 1. The number of benzene rings is 1. The number of nitrogens with two attached hydrogens (primary N) is 1. The van der Waals surface area contributed by atoms with E-state index in [-0.39, 0.29) is 5.95 Å². The van der Waals surface area contributed by atoms with Crippen molar-refractivity contribution in [3.05, 3.63) is 41.0 Å². The molecule has 0 aliphatic rings. The van der Waals surface area contributed by atoms with Crippen molar-refractivity contribution in [2.45, 2.75) is 13.5 Å². The SMILES string of the molecule is CCN(Cc1ccc(OC)cc1)c1cc(Cl)nc(N)n1. The van der Waals surface area contributed by atoms with Gasteiger partial charge in [-0.3, -0.25) is 0 Å². The summed E-state index contributed by atoms with van der Waals surface area (Å²) in [7, 11) is 1.65. The standard InChI is InChI=1S/C14H17ClN4O/c1-3-19(13-8-12(15)17-14(16)18-13)9-10-4-6-11(20-2)7-5-10/h4-8H,3,9H2,1-2H3,(H2,16,17,18). The number of anilines is 2. The number of nitrogens with zero attached hydrogens (tertiary/aromatic N) is 3. The molecule has 0 saturated heterocycles. The lowest BCUT2D eigenvalue weighted by Crippen LogP contribution is -2.23. The summed E-state index contributed by atoms with van der Waals surface area (Å²) in [4.78, 5) is 10.2. The topological polar surface area (TPSA) is 64.3 Å². The Labute approximate surface area is 123 Å². The molecule has 1 heterocycles. The monoisotopic (exact) mass is 292 g/mol. The first-order valence-electron chi connectivity index (χ1n) is 6.30. The van der Waals surface area contributed by atoms with Gasteiger partial charge < -0.3 is 15.4 Å². The highest BCUT2D eigenvalue weighted by Gasteiger charge is 2.09. The minimum absolute atomic E-state index is 0.181. The predicted octanol–water partition coefficient (Wildman–Crippen LogP) is 2.75. The molecule has 20 heavy (non-hydrogen) atoms. The van der Waals surface area contributed by atoms with Crippen molar-refractivity contribution in [3.63, 3.8) is 0 Å². The van der Waals surface area contributed by atoms with E-state index in [1.165, 1.54) is 0 Å². The summed E-state index contributed by atoms with van der Waals surface area (Å²) in [6, 6.07) is 9.63. The number of hydrogen-bond acceptors (Lipinski definition) is 5. The lowest BCUT2D eigenvalue weighted by molar-refractivity contribution is 0.414. The minimum Gasteiger partial charge on any atom is -0.497 e. The highest BCUT2D eigenvalue weighted by atomic mass is 35.5. The van der Waals surface area contributed by atoms with Gasteiger partial charge in [0.15, 0.2) is 0 Å². The van der Waals surface area contributed by atoms with Crippen LogP contribution in [0.2, 0.25) is 5.15 Å². The molecular weight excluding hydrogens is 276 g/mol. The van der Waals surface area contributed by atoms with Crippen molar-refractivity contribution in [1.29, 1.82) is 0 Å². The van der Waals surface area contributed by atoms with Gasteiger partial charge >= 0.3 is 0 Å². The molecule has 106 valence electrons. The second-order valence-electron chi connectivity index (χ2n) is 4.27. The highest BCUT2D eigenvalue weighted by Crippen LogP contribution is 2.20. The molecule has 0 spiro atoms. The Morgan fingerprint density at radius 3 is 2.50 bits per heavy atom. The van der Waals surface area contributed by atoms with Gasteiger partial charge in [0.05, 0.1) is 7.11 Å². The molecule has 6 heteroatoms. The van der Waals surface area contributed by atoms with Gasteiger partial charge in [-0.25, -0.2) is 4.98 Å². The lowest BCUT2D eigenvalue weighted by Gasteiger charge is -2.22. The molecule has 0 aliphatic heterocycles. The Hall–Kier alpha value is -2.01. The number of ether oxygens (including phenoxy) is 1. The van der Waals surface area contributed by atoms with E-state index in [1.54, 1.807) is 13.2 Å². The Morgan fingerprint density at radius 1 is 1.25 bits per heavy atom. The molecule has 5 nitrogen and oxygen atoms in total. The zero-order chi connectivity index (χ0) is 14.5. The summed E-state index contributed by atoms with van der Waals surface area (Å²) in [5.74, 6) is 1.74. The molecule has 0 fully saturated rings. The summed E-state index contributed by atoms with van der Waals surface area (Å²) in [5.41, 5.74) is 6.79. The van der Waals surface area contributed by atoms with E-state index < -0.39 is 0 Å². The highest BCUT2D eigenvalue weighted by molar-refractivity contribution is 6.29. The van der Waals surface area contributed by atoms with Crippen molar-refractivity contribution in [2.75, 3.05) is 24.3 Å². The Bertz CT molecular complexity index is 554. The van der Waals surface area contributed by atoms with Crippen LogP contribution in [0.1, 0.15) is 12.5 Å². The van der Waals surface area contributed by atoms with Gasteiger partial charge in [0.1, 0.15) is 16.7 Å². The van der Waals surface area contributed by atoms with Crippen LogP contribution in [-0.2, 0) is 6.54 Å². The molecule has 0 atom stereocenters. The van der Waals surface area contributed by atoms with E-state index in [1.807, 2.05) is 24.3 Å². The fraction of sp³-hybridized carbons (Fsp3) is 0.286. The van der Waals surface area contributed by atoms with Crippen LogP contribution in [0.25, 0.3) is 0 Å². The van der Waals surface area contributed by atoms with Crippen LogP contribution in [0.15, 0.2) is 30.3 Å². The van der Waals surface area contributed by atoms with Crippen LogP contribution in [0, 0.1) is 0 Å². The molecule has 1 aromatic carbocycles. The van der Waals surface area contributed by atoms with Crippen molar-refractivity contribution in [3.8, 4) is 5.75 Å². The van der Waals surface area contributed by atoms with E-state index in [0.29, 0.717) is 11.7 Å². The van der Waals surface area contributed by atoms with E-state index in [0.717, 1.165) is 23.7 Å². The maximum atomic E-state index is 5.92. The number of halogens is 1. The van der Waals surface area contributed by atoms with Gasteiger partial charge in [-0.15, -0.1) is 0 Å². The van der Waals surface area contributed by atoms with Crippen molar-refractivity contribution < 1.29 is 4.74 Å². The van der Waals surface area contributed by atoms with Crippen molar-refractivity contribution >= 4 is 23.4 Å². The zero-order valence-electron chi connectivity index (χ0n) is 11.5. The molecule has 0 unspecified atom stereocenters. The Kier molecular flexibility index (Phi) is 4.63. The average Bonchev–Trinajstić information content (AvgIpc) is 2.44. The van der Waals surface area contributed by atoms with Gasteiger partial charge in [-0.05, 0) is 24.6 Å². The van der Waals surface area contributed by atoms with Gasteiger partial charge in [0.2, 0.25) is 5.95 Å². The van der Waals surface area contributed by atoms with Gasteiger partial charge in [-0.1, -0.05) is 23.7 Å². The normalized spacial score (nSPS) is 10.3. The van der Waals surface area contributed by atoms with Gasteiger partial charge in [0.25, 0.3) is 0 Å². The molecule has 0 saturated carbocycles. The maximum Gasteiger partial charge on any atom is 0.223 e. The summed E-state index contributed by atoms with van der Waals surface area (Å²) >= 11 is 5.92. The summed E-state index contributed by atoms with van der Waals surface area (Å²) < 4.78 is 5.15. The fourth-order valence-electron chi connectivity index (χ4n) is 1.89. The second kappa shape index (κ2) is 6.43. The lowest BCUT2D eigenvalue weighted by atomic mass is 10.2. The third-order valence-corrected chi connectivity index (χ3v) is 3.13. The molecule has 1 aromatic heterocycles. The first-order chi connectivity index (χ1) is 9.62. The second-order valence-corrected chi connectivity index (χ2v) is 4.66. The third-order valence-electron chi connectivity index (χ3n) is 2.94. The first kappa shape index (κ1) is 14.4. The van der Waals surface area contributed by atoms with Crippen LogP contribution in [0.5, 0.6) is 5.75 Å². The van der Waals surface area contributed by atoms with E-state index in [4.69, 9.17) is 22.1 Å². The van der Waals surface area contributed by atoms with E-state index >= 15 is 0 Å². The van der Waals surface area contributed by atoms with Gasteiger partial charge in [0, 0.05) is 19.2 Å². The number of hydrogen-bond donors (Lipinski definition) is 1. The number of nitrogen functional groups attached to an aromatic ring is 1. The van der Waals surface area contributed by atoms with Crippen LogP contribution in [-0.4, -0.2) is 23.6 Å². The molecular formula is C14H17ClN4O. The molecule has 0 amide bonds. The zero-order valence-corrected chi connectivity index (χ0v) is 12.3. The van der Waals surface area contributed by atoms with E-state index in [9.17, 15) is 0 Å². The Morgan fingerprint density at radius 2 is 1.95 bits per heavy atom. The molecule has 0 radical (unpaired) electrons. The molecule has 2 rings (SSSR count). The summed E-state index contributed by atoms with van der Waals surface area (Å²) in [6.07, 6.45) is 0. The summed E-state index contributed by atoms with van der Waals surface area (Å²) in [6.45, 7) is 3.56. The van der Waals surface area contributed by atoms with Crippen molar-refractivity contribution in [1.82, 2.24) is 9.97 Å². The van der Waals surface area contributed by atoms with Crippen LogP contribution in [0.3, 0.4) is 0 Å². The first-order valence-corrected chi connectivity index (χ1v) is 6.68. The molecule has 0 bridgehead atoms. The smallest absolute Gasteiger partial charge is 0.223 e. The largest absolute Gasteiger partial charge is 0.497 e. The fourth-order valence-corrected chi connectivity index (χ4v) is 2.08. The summed E-state index contributed by atoms with van der Waals surface area (Å²) in [5, 5.41) is 0.348.